The SMILES string of the molecule is Cc1ccc(-c2cc(C(C)C)c([Si](C)(C)C)cn2)c(C)n1. The first-order valence-electron chi connectivity index (χ1n) is 7.65. The molecule has 2 aromatic rings. The molecule has 0 aromatic carbocycles. The highest BCUT2D eigenvalue weighted by atomic mass is 28.3. The first-order valence-corrected chi connectivity index (χ1v) is 11.1. The summed E-state index contributed by atoms with van der Waals surface area (Å²) in [5.74, 6) is 0.521. The molecule has 0 aliphatic carbocycles. The second kappa shape index (κ2) is 5.72. The zero-order valence-corrected chi connectivity index (χ0v) is 15.3. The van der Waals surface area contributed by atoms with Gasteiger partial charge in [0.25, 0.3) is 0 Å². The highest BCUT2D eigenvalue weighted by Crippen LogP contribution is 2.24. The maximum Gasteiger partial charge on any atom is 0.0799 e. The lowest BCUT2D eigenvalue weighted by molar-refractivity contribution is 0.869. The van der Waals surface area contributed by atoms with Gasteiger partial charge in [-0.05, 0) is 48.7 Å². The topological polar surface area (TPSA) is 25.8 Å². The summed E-state index contributed by atoms with van der Waals surface area (Å²) >= 11 is 0. The van der Waals surface area contributed by atoms with Gasteiger partial charge in [0.1, 0.15) is 0 Å². The molecule has 3 heteroatoms. The number of hydrogen-bond donors (Lipinski definition) is 0. The van der Waals surface area contributed by atoms with Crippen LogP contribution in [0.3, 0.4) is 0 Å². The van der Waals surface area contributed by atoms with Crippen LogP contribution in [0.25, 0.3) is 11.3 Å². The monoisotopic (exact) mass is 298 g/mol. The third kappa shape index (κ3) is 3.41. The normalized spacial score (nSPS) is 12.0. The molecule has 0 unspecified atom stereocenters. The highest BCUT2D eigenvalue weighted by molar-refractivity contribution is 6.89. The predicted molar refractivity (Wildman–Crippen MR) is 94.0 cm³/mol. The molecule has 0 spiro atoms. The maximum atomic E-state index is 4.74. The van der Waals surface area contributed by atoms with Gasteiger partial charge in [-0.25, -0.2) is 0 Å². The molecule has 2 aromatic heterocycles. The van der Waals surface area contributed by atoms with Crippen LogP contribution in [0.1, 0.15) is 36.7 Å². The number of pyridine rings is 2. The van der Waals surface area contributed by atoms with Crippen molar-refractivity contribution in [2.75, 3.05) is 0 Å². The summed E-state index contributed by atoms with van der Waals surface area (Å²) in [4.78, 5) is 9.31. The zero-order valence-electron chi connectivity index (χ0n) is 14.3. The fraction of sp³-hybridized carbons (Fsp3) is 0.444. The molecule has 0 bridgehead atoms. The summed E-state index contributed by atoms with van der Waals surface area (Å²) < 4.78 is 0. The lowest BCUT2D eigenvalue weighted by Gasteiger charge is -2.23. The zero-order chi connectivity index (χ0) is 15.8. The molecule has 21 heavy (non-hydrogen) atoms. The van der Waals surface area contributed by atoms with Crippen LogP contribution in [-0.2, 0) is 0 Å². The van der Waals surface area contributed by atoms with Crippen LogP contribution < -0.4 is 5.19 Å². The third-order valence-electron chi connectivity index (χ3n) is 3.87. The number of aromatic nitrogens is 2. The van der Waals surface area contributed by atoms with Crippen molar-refractivity contribution in [1.29, 1.82) is 0 Å². The van der Waals surface area contributed by atoms with Crippen molar-refractivity contribution < 1.29 is 0 Å². The highest BCUT2D eigenvalue weighted by Gasteiger charge is 2.22. The Kier molecular flexibility index (Phi) is 4.33. The fourth-order valence-corrected chi connectivity index (χ4v) is 4.36. The van der Waals surface area contributed by atoms with Crippen LogP contribution in [0, 0.1) is 13.8 Å². The van der Waals surface area contributed by atoms with E-state index in [-0.39, 0.29) is 0 Å². The summed E-state index contributed by atoms with van der Waals surface area (Å²) in [6.45, 7) is 15.8. The van der Waals surface area contributed by atoms with E-state index in [4.69, 9.17) is 4.98 Å². The molecule has 0 aliphatic rings. The van der Waals surface area contributed by atoms with E-state index >= 15 is 0 Å². The molecule has 0 aliphatic heterocycles. The number of aryl methyl sites for hydroxylation is 2. The Hall–Kier alpha value is -1.48. The van der Waals surface area contributed by atoms with Gasteiger partial charge in [-0.15, -0.1) is 0 Å². The van der Waals surface area contributed by atoms with Gasteiger partial charge in [-0.1, -0.05) is 33.5 Å². The van der Waals surface area contributed by atoms with E-state index in [1.807, 2.05) is 6.92 Å². The maximum absolute atomic E-state index is 4.74. The lowest BCUT2D eigenvalue weighted by Crippen LogP contribution is -2.40. The molecule has 2 nitrogen and oxygen atoms in total. The minimum absolute atomic E-state index is 0.521. The van der Waals surface area contributed by atoms with E-state index in [1.165, 1.54) is 10.8 Å². The van der Waals surface area contributed by atoms with Gasteiger partial charge in [0, 0.05) is 23.1 Å². The fourth-order valence-electron chi connectivity index (χ4n) is 2.68. The molecule has 2 heterocycles. The Morgan fingerprint density at radius 2 is 1.71 bits per heavy atom. The van der Waals surface area contributed by atoms with E-state index < -0.39 is 8.07 Å². The molecule has 0 saturated heterocycles. The van der Waals surface area contributed by atoms with Gasteiger partial charge in [-0.3, -0.25) is 9.97 Å². The smallest absolute Gasteiger partial charge is 0.0799 e. The van der Waals surface area contributed by atoms with E-state index in [0.29, 0.717) is 5.92 Å². The Balaban J connectivity index is 2.60. The van der Waals surface area contributed by atoms with E-state index in [1.54, 1.807) is 0 Å². The molecule has 0 N–H and O–H groups in total. The van der Waals surface area contributed by atoms with Crippen LogP contribution in [0.2, 0.25) is 19.6 Å². The average Bonchev–Trinajstić information content (AvgIpc) is 2.37. The molecular weight excluding hydrogens is 272 g/mol. The van der Waals surface area contributed by atoms with Crippen molar-refractivity contribution in [3.8, 4) is 11.3 Å². The van der Waals surface area contributed by atoms with Crippen LogP contribution in [0.4, 0.5) is 0 Å². The second-order valence-corrected chi connectivity index (χ2v) is 12.2. The third-order valence-corrected chi connectivity index (χ3v) is 5.90. The molecule has 2 rings (SSSR count). The van der Waals surface area contributed by atoms with Gasteiger partial charge in [-0.2, -0.15) is 0 Å². The van der Waals surface area contributed by atoms with Crippen molar-refractivity contribution in [3.05, 3.63) is 41.3 Å². The average molecular weight is 299 g/mol. The Morgan fingerprint density at radius 3 is 2.24 bits per heavy atom. The first kappa shape index (κ1) is 15.9. The molecule has 112 valence electrons. The van der Waals surface area contributed by atoms with Gasteiger partial charge in [0.15, 0.2) is 0 Å². The lowest BCUT2D eigenvalue weighted by atomic mass is 10.0. The van der Waals surface area contributed by atoms with Gasteiger partial charge in [0.2, 0.25) is 0 Å². The number of rotatable bonds is 3. The van der Waals surface area contributed by atoms with Crippen LogP contribution in [0.5, 0.6) is 0 Å². The Labute approximate surface area is 129 Å². The van der Waals surface area contributed by atoms with E-state index in [9.17, 15) is 0 Å². The molecule has 0 saturated carbocycles. The molecule has 0 amide bonds. The summed E-state index contributed by atoms with van der Waals surface area (Å²) in [5.41, 5.74) is 5.74. The Morgan fingerprint density at radius 1 is 1.05 bits per heavy atom. The van der Waals surface area contributed by atoms with Crippen LogP contribution in [-0.4, -0.2) is 18.0 Å². The predicted octanol–water partition coefficient (Wildman–Crippen LogP) is 4.43. The van der Waals surface area contributed by atoms with Crippen molar-refractivity contribution in [3.63, 3.8) is 0 Å². The standard InChI is InChI=1S/C18H26N2Si/c1-12(2)16-10-17(19-11-18(16)21(5,6)7)15-9-8-13(3)20-14(15)4/h8-12H,1-7H3. The van der Waals surface area contributed by atoms with Gasteiger partial charge >= 0.3 is 0 Å². The molecule has 0 atom stereocenters. The number of nitrogens with zero attached hydrogens (tertiary/aromatic N) is 2. The largest absolute Gasteiger partial charge is 0.258 e. The van der Waals surface area contributed by atoms with Crippen molar-refractivity contribution in [2.24, 2.45) is 0 Å². The summed E-state index contributed by atoms with van der Waals surface area (Å²) in [7, 11) is -1.37. The summed E-state index contributed by atoms with van der Waals surface area (Å²) in [5, 5.41) is 1.47. The van der Waals surface area contributed by atoms with Gasteiger partial charge in [0.05, 0.1) is 13.8 Å². The van der Waals surface area contributed by atoms with Gasteiger partial charge < -0.3 is 0 Å². The molecular formula is C18H26N2Si. The van der Waals surface area contributed by atoms with Crippen molar-refractivity contribution in [2.45, 2.75) is 53.3 Å². The number of hydrogen-bond acceptors (Lipinski definition) is 2. The minimum atomic E-state index is -1.37. The van der Waals surface area contributed by atoms with E-state index in [0.717, 1.165) is 22.6 Å². The summed E-state index contributed by atoms with van der Waals surface area (Å²) in [6, 6.07) is 6.47. The minimum Gasteiger partial charge on any atom is -0.258 e. The second-order valence-electron chi connectivity index (χ2n) is 7.15. The van der Waals surface area contributed by atoms with Crippen molar-refractivity contribution >= 4 is 13.3 Å². The molecule has 0 radical (unpaired) electrons. The quantitative estimate of drug-likeness (QED) is 0.783. The summed E-state index contributed by atoms with van der Waals surface area (Å²) in [6.07, 6.45) is 2.11. The van der Waals surface area contributed by atoms with Crippen LogP contribution >= 0.6 is 0 Å². The Bertz CT molecular complexity index is 655. The van der Waals surface area contributed by atoms with E-state index in [2.05, 4.69) is 69.8 Å². The van der Waals surface area contributed by atoms with Crippen LogP contribution in [0.15, 0.2) is 24.4 Å². The molecule has 0 fully saturated rings. The first-order chi connectivity index (χ1) is 9.70. The van der Waals surface area contributed by atoms with Crippen molar-refractivity contribution in [1.82, 2.24) is 9.97 Å².